The minimum atomic E-state index is 0.603. The molecule has 1 aromatic carbocycles. The van der Waals surface area contributed by atoms with E-state index in [1.807, 2.05) is 0 Å². The molecule has 0 amide bonds. The molecular formula is C14H21N. The van der Waals surface area contributed by atoms with E-state index in [2.05, 4.69) is 44.3 Å². The van der Waals surface area contributed by atoms with Crippen molar-refractivity contribution in [1.82, 2.24) is 0 Å². The second kappa shape index (κ2) is 4.26. The summed E-state index contributed by atoms with van der Waals surface area (Å²) in [5, 5.41) is 3.62. The van der Waals surface area contributed by atoms with E-state index in [0.717, 1.165) is 12.5 Å². The molecule has 1 heteroatoms. The maximum absolute atomic E-state index is 3.62. The van der Waals surface area contributed by atoms with Crippen LogP contribution in [0.5, 0.6) is 0 Å². The Morgan fingerprint density at radius 3 is 2.67 bits per heavy atom. The van der Waals surface area contributed by atoms with Crippen LogP contribution < -0.4 is 5.32 Å². The third-order valence-electron chi connectivity index (χ3n) is 3.19. The van der Waals surface area contributed by atoms with Crippen LogP contribution in [0.15, 0.2) is 18.2 Å². The van der Waals surface area contributed by atoms with Gasteiger partial charge in [0.05, 0.1) is 0 Å². The molecule has 15 heavy (non-hydrogen) atoms. The molecule has 2 rings (SSSR count). The van der Waals surface area contributed by atoms with Gasteiger partial charge in [0.1, 0.15) is 0 Å². The largest absolute Gasteiger partial charge is 0.384 e. The van der Waals surface area contributed by atoms with Crippen molar-refractivity contribution in [2.75, 3.05) is 11.9 Å². The SMILES string of the molecule is Cc1cccc(C(C)C)c1NCC1CC1. The molecule has 1 aliphatic rings. The van der Waals surface area contributed by atoms with E-state index in [9.17, 15) is 0 Å². The van der Waals surface area contributed by atoms with Gasteiger partial charge in [0, 0.05) is 12.2 Å². The van der Waals surface area contributed by atoms with Crippen molar-refractivity contribution < 1.29 is 0 Å². The Bertz CT molecular complexity index is 337. The smallest absolute Gasteiger partial charge is 0.0405 e. The third-order valence-corrected chi connectivity index (χ3v) is 3.19. The van der Waals surface area contributed by atoms with E-state index in [1.54, 1.807) is 0 Å². The molecule has 0 atom stereocenters. The molecule has 1 N–H and O–H groups in total. The van der Waals surface area contributed by atoms with E-state index >= 15 is 0 Å². The van der Waals surface area contributed by atoms with Crippen LogP contribution in [0.3, 0.4) is 0 Å². The molecule has 1 aromatic rings. The topological polar surface area (TPSA) is 12.0 Å². The zero-order chi connectivity index (χ0) is 10.8. The minimum absolute atomic E-state index is 0.603. The lowest BCUT2D eigenvalue weighted by Gasteiger charge is -2.17. The summed E-state index contributed by atoms with van der Waals surface area (Å²) in [6.45, 7) is 7.87. The predicted octanol–water partition coefficient (Wildman–Crippen LogP) is 3.94. The van der Waals surface area contributed by atoms with Gasteiger partial charge in [0.2, 0.25) is 0 Å². The highest BCUT2D eigenvalue weighted by Gasteiger charge is 2.21. The summed E-state index contributed by atoms with van der Waals surface area (Å²) in [6.07, 6.45) is 2.83. The van der Waals surface area contributed by atoms with Crippen molar-refractivity contribution in [1.29, 1.82) is 0 Å². The first-order chi connectivity index (χ1) is 7.18. The van der Waals surface area contributed by atoms with Crippen molar-refractivity contribution in [3.8, 4) is 0 Å². The Kier molecular flexibility index (Phi) is 2.99. The number of anilines is 1. The number of nitrogens with one attached hydrogen (secondary N) is 1. The normalized spacial score (nSPS) is 15.7. The van der Waals surface area contributed by atoms with Crippen LogP contribution in [0.25, 0.3) is 0 Å². The van der Waals surface area contributed by atoms with Crippen LogP contribution >= 0.6 is 0 Å². The zero-order valence-corrected chi connectivity index (χ0v) is 10.0. The molecule has 82 valence electrons. The average molecular weight is 203 g/mol. The second-order valence-corrected chi connectivity index (χ2v) is 5.02. The van der Waals surface area contributed by atoms with Gasteiger partial charge in [-0.1, -0.05) is 32.0 Å². The van der Waals surface area contributed by atoms with Gasteiger partial charge < -0.3 is 5.32 Å². The van der Waals surface area contributed by atoms with Crippen LogP contribution in [0.4, 0.5) is 5.69 Å². The Balaban J connectivity index is 2.16. The molecule has 0 aromatic heterocycles. The van der Waals surface area contributed by atoms with Crippen LogP contribution in [0, 0.1) is 12.8 Å². The minimum Gasteiger partial charge on any atom is -0.384 e. The van der Waals surface area contributed by atoms with Crippen LogP contribution in [-0.2, 0) is 0 Å². The third kappa shape index (κ3) is 2.53. The summed E-state index contributed by atoms with van der Waals surface area (Å²) in [7, 11) is 0. The molecule has 0 saturated heterocycles. The zero-order valence-electron chi connectivity index (χ0n) is 10.0. The molecule has 0 unspecified atom stereocenters. The van der Waals surface area contributed by atoms with Crippen molar-refractivity contribution in [3.63, 3.8) is 0 Å². The van der Waals surface area contributed by atoms with Gasteiger partial charge in [-0.15, -0.1) is 0 Å². The number of hydrogen-bond acceptors (Lipinski definition) is 1. The van der Waals surface area contributed by atoms with Crippen molar-refractivity contribution in [3.05, 3.63) is 29.3 Å². The molecule has 1 nitrogen and oxygen atoms in total. The van der Waals surface area contributed by atoms with Crippen molar-refractivity contribution >= 4 is 5.69 Å². The van der Waals surface area contributed by atoms with E-state index in [1.165, 1.54) is 29.7 Å². The molecule has 0 aliphatic heterocycles. The molecular weight excluding hydrogens is 182 g/mol. The van der Waals surface area contributed by atoms with E-state index in [0.29, 0.717) is 5.92 Å². The van der Waals surface area contributed by atoms with Gasteiger partial charge in [-0.05, 0) is 42.7 Å². The van der Waals surface area contributed by atoms with Gasteiger partial charge in [-0.25, -0.2) is 0 Å². The molecule has 0 heterocycles. The summed E-state index contributed by atoms with van der Waals surface area (Å²) in [5.41, 5.74) is 4.21. The van der Waals surface area contributed by atoms with Crippen LogP contribution in [0.1, 0.15) is 43.7 Å². The van der Waals surface area contributed by atoms with Gasteiger partial charge in [0.15, 0.2) is 0 Å². The highest BCUT2D eigenvalue weighted by molar-refractivity contribution is 5.58. The number of para-hydroxylation sites is 1. The summed E-state index contributed by atoms with van der Waals surface area (Å²) in [6, 6.07) is 6.60. The molecule has 1 aliphatic carbocycles. The Hall–Kier alpha value is -0.980. The van der Waals surface area contributed by atoms with Crippen molar-refractivity contribution in [2.45, 2.75) is 39.5 Å². The first kappa shape index (κ1) is 10.5. The summed E-state index contributed by atoms with van der Waals surface area (Å²) in [5.74, 6) is 1.54. The summed E-state index contributed by atoms with van der Waals surface area (Å²) in [4.78, 5) is 0. The second-order valence-electron chi connectivity index (χ2n) is 5.02. The Labute approximate surface area is 92.9 Å². The lowest BCUT2D eigenvalue weighted by atomic mass is 9.98. The fraction of sp³-hybridized carbons (Fsp3) is 0.571. The fourth-order valence-corrected chi connectivity index (χ4v) is 1.98. The van der Waals surface area contributed by atoms with Gasteiger partial charge >= 0.3 is 0 Å². The lowest BCUT2D eigenvalue weighted by Crippen LogP contribution is -2.08. The predicted molar refractivity (Wildman–Crippen MR) is 66.5 cm³/mol. The lowest BCUT2D eigenvalue weighted by molar-refractivity contribution is 0.847. The maximum Gasteiger partial charge on any atom is 0.0405 e. The van der Waals surface area contributed by atoms with E-state index < -0.39 is 0 Å². The summed E-state index contributed by atoms with van der Waals surface area (Å²) < 4.78 is 0. The van der Waals surface area contributed by atoms with Gasteiger partial charge in [-0.3, -0.25) is 0 Å². The highest BCUT2D eigenvalue weighted by atomic mass is 14.9. The molecule has 0 spiro atoms. The van der Waals surface area contributed by atoms with Crippen LogP contribution in [0.2, 0.25) is 0 Å². The monoisotopic (exact) mass is 203 g/mol. The number of rotatable bonds is 4. The molecule has 0 bridgehead atoms. The average Bonchev–Trinajstić information content (AvgIpc) is 2.99. The quantitative estimate of drug-likeness (QED) is 0.781. The van der Waals surface area contributed by atoms with Gasteiger partial charge in [-0.2, -0.15) is 0 Å². The molecule has 1 fully saturated rings. The highest BCUT2D eigenvalue weighted by Crippen LogP contribution is 2.32. The molecule has 0 radical (unpaired) electrons. The van der Waals surface area contributed by atoms with Crippen LogP contribution in [-0.4, -0.2) is 6.54 Å². The maximum atomic E-state index is 3.62. The molecule has 1 saturated carbocycles. The Morgan fingerprint density at radius 1 is 1.33 bits per heavy atom. The summed E-state index contributed by atoms with van der Waals surface area (Å²) >= 11 is 0. The number of aryl methyl sites for hydroxylation is 1. The Morgan fingerprint density at radius 2 is 2.07 bits per heavy atom. The first-order valence-corrected chi connectivity index (χ1v) is 6.02. The number of benzene rings is 1. The first-order valence-electron chi connectivity index (χ1n) is 6.02. The fourth-order valence-electron chi connectivity index (χ4n) is 1.98. The van der Waals surface area contributed by atoms with Crippen molar-refractivity contribution in [2.24, 2.45) is 5.92 Å². The van der Waals surface area contributed by atoms with E-state index in [-0.39, 0.29) is 0 Å². The van der Waals surface area contributed by atoms with E-state index in [4.69, 9.17) is 0 Å². The van der Waals surface area contributed by atoms with Gasteiger partial charge in [0.25, 0.3) is 0 Å². The standard InChI is InChI=1S/C14H21N/c1-10(2)13-6-4-5-11(3)14(13)15-9-12-7-8-12/h4-6,10,12,15H,7-9H2,1-3H3. The number of hydrogen-bond donors (Lipinski definition) is 1.